The van der Waals surface area contributed by atoms with Crippen molar-refractivity contribution >= 4 is 11.8 Å². The molecule has 0 saturated heterocycles. The zero-order valence-corrected chi connectivity index (χ0v) is 12.2. The molecule has 1 fully saturated rings. The largest absolute Gasteiger partial charge is 0.216 e. The summed E-state index contributed by atoms with van der Waals surface area (Å²) in [6.45, 7) is 4.43. The zero-order chi connectivity index (χ0) is 13.2. The number of aromatic nitrogens is 3. The van der Waals surface area contributed by atoms with E-state index >= 15 is 0 Å². The van der Waals surface area contributed by atoms with Gasteiger partial charge in [0.25, 0.3) is 0 Å². The molecule has 0 aliphatic heterocycles. The lowest BCUT2D eigenvalue weighted by Gasteiger charge is -2.04. The summed E-state index contributed by atoms with van der Waals surface area (Å²) in [4.78, 5) is 4.75. The monoisotopic (exact) mass is 273 g/mol. The van der Waals surface area contributed by atoms with E-state index in [1.165, 1.54) is 12.8 Å². The Morgan fingerprint density at radius 2 is 2.05 bits per heavy atom. The number of para-hydroxylation sites is 1. The minimum atomic E-state index is 0.568. The molecule has 1 aliphatic carbocycles. The Kier molecular flexibility index (Phi) is 3.60. The van der Waals surface area contributed by atoms with Crippen LogP contribution in [0.15, 0.2) is 35.5 Å². The Hall–Kier alpha value is -1.29. The summed E-state index contributed by atoms with van der Waals surface area (Å²) in [5.74, 6) is 1.75. The van der Waals surface area contributed by atoms with Crippen molar-refractivity contribution in [2.75, 3.05) is 0 Å². The molecule has 0 amide bonds. The third kappa shape index (κ3) is 2.84. The van der Waals surface area contributed by atoms with Crippen molar-refractivity contribution in [2.24, 2.45) is 0 Å². The SMILES string of the molecule is CCC(C)Sc1nc(C2CC2)n(-c2ccccc2)n1. The second-order valence-corrected chi connectivity index (χ2v) is 6.52. The molecular formula is C15H19N3S. The van der Waals surface area contributed by atoms with Crippen molar-refractivity contribution < 1.29 is 0 Å². The third-order valence-electron chi connectivity index (χ3n) is 3.44. The molecule has 1 aromatic carbocycles. The fourth-order valence-corrected chi connectivity index (χ4v) is 2.78. The summed E-state index contributed by atoms with van der Waals surface area (Å²) in [6, 6.07) is 10.3. The van der Waals surface area contributed by atoms with Gasteiger partial charge in [-0.1, -0.05) is 43.8 Å². The summed E-state index contributed by atoms with van der Waals surface area (Å²) in [7, 11) is 0. The van der Waals surface area contributed by atoms with Crippen LogP contribution in [0.4, 0.5) is 0 Å². The van der Waals surface area contributed by atoms with Gasteiger partial charge in [0.15, 0.2) is 0 Å². The van der Waals surface area contributed by atoms with Crippen LogP contribution < -0.4 is 0 Å². The van der Waals surface area contributed by atoms with Crippen LogP contribution in [0.5, 0.6) is 0 Å². The highest BCUT2D eigenvalue weighted by Crippen LogP contribution is 2.40. The highest BCUT2D eigenvalue weighted by Gasteiger charge is 2.30. The Labute approximate surface area is 118 Å². The van der Waals surface area contributed by atoms with Crippen LogP contribution in [0, 0.1) is 0 Å². The Bertz CT molecular complexity index is 546. The van der Waals surface area contributed by atoms with Crippen LogP contribution in [0.1, 0.15) is 44.9 Å². The normalized spacial score (nSPS) is 16.5. The second kappa shape index (κ2) is 5.37. The predicted molar refractivity (Wildman–Crippen MR) is 78.9 cm³/mol. The molecule has 0 N–H and O–H groups in total. The Balaban J connectivity index is 1.93. The molecule has 0 radical (unpaired) electrons. The van der Waals surface area contributed by atoms with Crippen LogP contribution in [0.2, 0.25) is 0 Å². The van der Waals surface area contributed by atoms with Crippen molar-refractivity contribution in [1.29, 1.82) is 0 Å². The quantitative estimate of drug-likeness (QED) is 0.770. The molecule has 0 bridgehead atoms. The lowest BCUT2D eigenvalue weighted by Crippen LogP contribution is -2.01. The van der Waals surface area contributed by atoms with Crippen LogP contribution >= 0.6 is 11.8 Å². The predicted octanol–water partition coefficient (Wildman–Crippen LogP) is 4.04. The minimum absolute atomic E-state index is 0.568. The molecule has 1 aromatic heterocycles. The zero-order valence-electron chi connectivity index (χ0n) is 11.4. The maximum Gasteiger partial charge on any atom is 0.209 e. The molecule has 19 heavy (non-hydrogen) atoms. The van der Waals surface area contributed by atoms with Crippen molar-refractivity contribution in [3.63, 3.8) is 0 Å². The van der Waals surface area contributed by atoms with Gasteiger partial charge in [-0.25, -0.2) is 9.67 Å². The fourth-order valence-electron chi connectivity index (χ4n) is 1.98. The lowest BCUT2D eigenvalue weighted by atomic mass is 10.3. The van der Waals surface area contributed by atoms with Gasteiger partial charge in [-0.05, 0) is 31.4 Å². The second-order valence-electron chi connectivity index (χ2n) is 5.11. The minimum Gasteiger partial charge on any atom is -0.216 e. The molecule has 3 nitrogen and oxygen atoms in total. The maximum absolute atomic E-state index is 4.75. The fraction of sp³-hybridized carbons (Fsp3) is 0.467. The summed E-state index contributed by atoms with van der Waals surface area (Å²) in [6.07, 6.45) is 3.64. The first-order valence-electron chi connectivity index (χ1n) is 6.97. The van der Waals surface area contributed by atoms with Gasteiger partial charge in [-0.15, -0.1) is 5.10 Å². The van der Waals surface area contributed by atoms with E-state index in [1.807, 2.05) is 10.7 Å². The van der Waals surface area contributed by atoms with E-state index in [-0.39, 0.29) is 0 Å². The maximum atomic E-state index is 4.75. The number of nitrogens with zero attached hydrogens (tertiary/aromatic N) is 3. The molecule has 1 heterocycles. The molecule has 4 heteroatoms. The van der Waals surface area contributed by atoms with E-state index in [4.69, 9.17) is 10.1 Å². The van der Waals surface area contributed by atoms with Crippen LogP contribution in [-0.2, 0) is 0 Å². The summed E-state index contributed by atoms with van der Waals surface area (Å²) in [5.41, 5.74) is 1.12. The molecule has 1 saturated carbocycles. The number of thioether (sulfide) groups is 1. The van der Waals surface area contributed by atoms with Crippen LogP contribution in [0.25, 0.3) is 5.69 Å². The Morgan fingerprint density at radius 1 is 1.32 bits per heavy atom. The summed E-state index contributed by atoms with van der Waals surface area (Å²) in [5, 5.41) is 6.18. The van der Waals surface area contributed by atoms with Crippen molar-refractivity contribution in [3.05, 3.63) is 36.2 Å². The molecule has 1 atom stereocenters. The molecule has 2 aromatic rings. The van der Waals surface area contributed by atoms with E-state index < -0.39 is 0 Å². The van der Waals surface area contributed by atoms with Gasteiger partial charge in [0, 0.05) is 11.2 Å². The highest BCUT2D eigenvalue weighted by atomic mass is 32.2. The van der Waals surface area contributed by atoms with Crippen LogP contribution in [-0.4, -0.2) is 20.0 Å². The van der Waals surface area contributed by atoms with Crippen molar-refractivity contribution in [2.45, 2.75) is 49.4 Å². The summed E-state index contributed by atoms with van der Waals surface area (Å²) < 4.78 is 2.03. The van der Waals surface area contributed by atoms with E-state index in [9.17, 15) is 0 Å². The average Bonchev–Trinajstić information content (AvgIpc) is 3.21. The van der Waals surface area contributed by atoms with Gasteiger partial charge in [-0.3, -0.25) is 0 Å². The molecule has 1 unspecified atom stereocenters. The van der Waals surface area contributed by atoms with E-state index in [0.717, 1.165) is 23.1 Å². The Morgan fingerprint density at radius 3 is 2.68 bits per heavy atom. The average molecular weight is 273 g/mol. The highest BCUT2D eigenvalue weighted by molar-refractivity contribution is 7.99. The van der Waals surface area contributed by atoms with Gasteiger partial charge >= 0.3 is 0 Å². The molecule has 100 valence electrons. The first-order valence-corrected chi connectivity index (χ1v) is 7.85. The number of hydrogen-bond donors (Lipinski definition) is 0. The van der Waals surface area contributed by atoms with Gasteiger partial charge in [-0.2, -0.15) is 0 Å². The van der Waals surface area contributed by atoms with Crippen LogP contribution in [0.3, 0.4) is 0 Å². The number of rotatable bonds is 5. The van der Waals surface area contributed by atoms with Gasteiger partial charge < -0.3 is 0 Å². The van der Waals surface area contributed by atoms with E-state index in [0.29, 0.717) is 11.2 Å². The summed E-state index contributed by atoms with van der Waals surface area (Å²) >= 11 is 1.78. The number of hydrogen-bond acceptors (Lipinski definition) is 3. The van der Waals surface area contributed by atoms with Gasteiger partial charge in [0.1, 0.15) is 5.82 Å². The van der Waals surface area contributed by atoms with Crippen molar-refractivity contribution in [1.82, 2.24) is 14.8 Å². The molecule has 3 rings (SSSR count). The van der Waals surface area contributed by atoms with Crippen molar-refractivity contribution in [3.8, 4) is 5.69 Å². The van der Waals surface area contributed by atoms with Gasteiger partial charge in [0.2, 0.25) is 5.16 Å². The van der Waals surface area contributed by atoms with E-state index in [1.54, 1.807) is 11.8 Å². The third-order valence-corrected chi connectivity index (χ3v) is 4.56. The number of benzene rings is 1. The smallest absolute Gasteiger partial charge is 0.209 e. The topological polar surface area (TPSA) is 30.7 Å². The van der Waals surface area contributed by atoms with Gasteiger partial charge in [0.05, 0.1) is 5.69 Å². The molecule has 1 aliphatic rings. The standard InChI is InChI=1S/C15H19N3S/c1-3-11(2)19-15-16-14(12-9-10-12)18(17-15)13-7-5-4-6-8-13/h4-8,11-12H,3,9-10H2,1-2H3. The molecular weight excluding hydrogens is 254 g/mol. The first kappa shape index (κ1) is 12.7. The lowest BCUT2D eigenvalue weighted by molar-refractivity contribution is 0.780. The first-order chi connectivity index (χ1) is 9.28. The molecule has 0 spiro atoms. The van der Waals surface area contributed by atoms with E-state index in [2.05, 4.69) is 38.1 Å².